The molecule has 0 spiro atoms. The quantitative estimate of drug-likeness (QED) is 0.808. The summed E-state index contributed by atoms with van der Waals surface area (Å²) in [6, 6.07) is 14.3. The average molecular weight is 322 g/mol. The van der Waals surface area contributed by atoms with Crippen LogP contribution in [0.15, 0.2) is 48.5 Å². The minimum Gasteiger partial charge on any atom is -0.508 e. The van der Waals surface area contributed by atoms with Gasteiger partial charge >= 0.3 is 0 Å². The van der Waals surface area contributed by atoms with Crippen molar-refractivity contribution in [2.45, 2.75) is 11.5 Å². The molecule has 0 saturated carbocycles. The van der Waals surface area contributed by atoms with Crippen LogP contribution in [0.5, 0.6) is 11.5 Å². The second-order valence-corrected chi connectivity index (χ2v) is 7.31. The van der Waals surface area contributed by atoms with Gasteiger partial charge in [0.1, 0.15) is 15.0 Å². The van der Waals surface area contributed by atoms with Gasteiger partial charge in [0.25, 0.3) is 0 Å². The zero-order valence-electron chi connectivity index (χ0n) is 10.7. The highest BCUT2D eigenvalue weighted by atomic mass is 32.2. The van der Waals surface area contributed by atoms with Crippen molar-refractivity contribution in [3.05, 3.63) is 59.7 Å². The monoisotopic (exact) mass is 322 g/mol. The molecule has 0 saturated heterocycles. The zero-order chi connectivity index (χ0) is 14.4. The number of phenolic OH excluding ortho intramolecular Hbond substituents is 2. The van der Waals surface area contributed by atoms with Crippen molar-refractivity contribution in [1.29, 1.82) is 0 Å². The number of phenols is 2. The van der Waals surface area contributed by atoms with Crippen molar-refractivity contribution in [3.63, 3.8) is 0 Å². The van der Waals surface area contributed by atoms with E-state index in [0.717, 1.165) is 26.2 Å². The van der Waals surface area contributed by atoms with Crippen molar-refractivity contribution in [2.75, 3.05) is 0 Å². The molecule has 0 fully saturated rings. The molecule has 0 radical (unpaired) electrons. The lowest BCUT2D eigenvalue weighted by molar-refractivity contribution is 0.474. The number of rotatable bonds is 4. The maximum absolute atomic E-state index is 9.21. The summed E-state index contributed by atoms with van der Waals surface area (Å²) in [5.41, 5.74) is 2.28. The molecule has 2 rings (SSSR count). The van der Waals surface area contributed by atoms with Crippen LogP contribution in [0.25, 0.3) is 0 Å². The summed E-state index contributed by atoms with van der Waals surface area (Å²) in [5, 5.41) is 18.4. The molecule has 0 unspecified atom stereocenters. The molecular formula is C15H14O2S3. The second kappa shape index (κ2) is 7.57. The molecule has 20 heavy (non-hydrogen) atoms. The molecule has 5 heteroatoms. The molecule has 2 N–H and O–H groups in total. The molecule has 2 aromatic rings. The zero-order valence-corrected chi connectivity index (χ0v) is 13.1. The Morgan fingerprint density at radius 1 is 0.750 bits per heavy atom. The van der Waals surface area contributed by atoms with E-state index in [1.807, 2.05) is 24.3 Å². The number of thioether (sulfide) groups is 2. The van der Waals surface area contributed by atoms with Gasteiger partial charge in [0.2, 0.25) is 0 Å². The summed E-state index contributed by atoms with van der Waals surface area (Å²) in [4.78, 5) is 0. The summed E-state index contributed by atoms with van der Waals surface area (Å²) in [6.07, 6.45) is 0. The van der Waals surface area contributed by atoms with Crippen LogP contribution < -0.4 is 0 Å². The normalized spacial score (nSPS) is 10.4. The van der Waals surface area contributed by atoms with E-state index < -0.39 is 0 Å². The van der Waals surface area contributed by atoms with E-state index in [0.29, 0.717) is 0 Å². The van der Waals surface area contributed by atoms with Gasteiger partial charge in [-0.1, -0.05) is 36.5 Å². The maximum atomic E-state index is 9.21. The van der Waals surface area contributed by atoms with E-state index in [2.05, 4.69) is 0 Å². The topological polar surface area (TPSA) is 40.5 Å². The van der Waals surface area contributed by atoms with Crippen molar-refractivity contribution in [3.8, 4) is 11.5 Å². The lowest BCUT2D eigenvalue weighted by Gasteiger charge is -2.04. The first-order chi connectivity index (χ1) is 9.63. The Hall–Kier alpha value is -1.17. The first-order valence-electron chi connectivity index (χ1n) is 5.99. The fourth-order valence-electron chi connectivity index (χ4n) is 1.51. The van der Waals surface area contributed by atoms with Crippen LogP contribution >= 0.6 is 35.7 Å². The van der Waals surface area contributed by atoms with Crippen LogP contribution in [-0.4, -0.2) is 13.7 Å². The van der Waals surface area contributed by atoms with Crippen LogP contribution in [0.3, 0.4) is 0 Å². The van der Waals surface area contributed by atoms with E-state index in [1.54, 1.807) is 47.8 Å². The van der Waals surface area contributed by atoms with Gasteiger partial charge in [-0.3, -0.25) is 0 Å². The fraction of sp³-hybridized carbons (Fsp3) is 0.133. The van der Waals surface area contributed by atoms with Gasteiger partial charge < -0.3 is 10.2 Å². The first-order valence-corrected chi connectivity index (χ1v) is 8.37. The Balaban J connectivity index is 1.75. The van der Waals surface area contributed by atoms with E-state index in [1.165, 1.54) is 0 Å². The third kappa shape index (κ3) is 5.07. The van der Waals surface area contributed by atoms with Crippen molar-refractivity contribution >= 4 is 39.3 Å². The van der Waals surface area contributed by atoms with E-state index >= 15 is 0 Å². The van der Waals surface area contributed by atoms with Crippen molar-refractivity contribution in [2.24, 2.45) is 0 Å². The van der Waals surface area contributed by atoms with E-state index in [-0.39, 0.29) is 11.5 Å². The van der Waals surface area contributed by atoms with Crippen LogP contribution in [0.4, 0.5) is 0 Å². The smallest absolute Gasteiger partial charge is 0.115 e. The van der Waals surface area contributed by atoms with Gasteiger partial charge in [-0.2, -0.15) is 0 Å². The standard InChI is InChI=1S/C15H14O2S3/c16-13-5-1-11(2-6-13)9-19-15(18)20-10-12-3-7-14(17)8-4-12/h1-8,16-17H,9-10H2. The summed E-state index contributed by atoms with van der Waals surface area (Å²) in [5.74, 6) is 2.18. The molecule has 0 aliphatic carbocycles. The van der Waals surface area contributed by atoms with Crippen LogP contribution in [0.2, 0.25) is 0 Å². The van der Waals surface area contributed by atoms with Crippen LogP contribution in [0, 0.1) is 0 Å². The molecule has 0 amide bonds. The van der Waals surface area contributed by atoms with Crippen LogP contribution in [-0.2, 0) is 11.5 Å². The molecule has 0 aromatic heterocycles. The van der Waals surface area contributed by atoms with Crippen molar-refractivity contribution < 1.29 is 10.2 Å². The van der Waals surface area contributed by atoms with Gasteiger partial charge in [-0.25, -0.2) is 0 Å². The number of aromatic hydroxyl groups is 2. The van der Waals surface area contributed by atoms with Gasteiger partial charge in [-0.15, -0.1) is 23.5 Å². The molecule has 0 heterocycles. The number of thiocarbonyl (C=S) groups is 1. The molecule has 0 aliphatic rings. The summed E-state index contributed by atoms with van der Waals surface area (Å²) >= 11 is 8.57. The highest BCUT2D eigenvalue weighted by Crippen LogP contribution is 2.25. The Kier molecular flexibility index (Phi) is 5.76. The SMILES string of the molecule is Oc1ccc(CSC(=S)SCc2ccc(O)cc2)cc1. The van der Waals surface area contributed by atoms with E-state index in [9.17, 15) is 10.2 Å². The summed E-state index contributed by atoms with van der Waals surface area (Å²) in [6.45, 7) is 0. The van der Waals surface area contributed by atoms with Gasteiger partial charge in [0.15, 0.2) is 0 Å². The van der Waals surface area contributed by atoms with Crippen molar-refractivity contribution in [1.82, 2.24) is 0 Å². The second-order valence-electron chi connectivity index (χ2n) is 4.16. The lowest BCUT2D eigenvalue weighted by atomic mass is 10.2. The Labute approximate surface area is 132 Å². The fourth-order valence-corrected chi connectivity index (χ4v) is 3.50. The third-order valence-electron chi connectivity index (χ3n) is 2.59. The largest absolute Gasteiger partial charge is 0.508 e. The highest BCUT2D eigenvalue weighted by molar-refractivity contribution is 8.46. The maximum Gasteiger partial charge on any atom is 0.115 e. The molecule has 104 valence electrons. The molecule has 0 aliphatic heterocycles. The molecule has 0 bridgehead atoms. The molecule has 2 nitrogen and oxygen atoms in total. The van der Waals surface area contributed by atoms with Gasteiger partial charge in [0.05, 0.1) is 0 Å². The number of benzene rings is 2. The Morgan fingerprint density at radius 3 is 1.45 bits per heavy atom. The number of hydrogen-bond acceptors (Lipinski definition) is 5. The predicted molar refractivity (Wildman–Crippen MR) is 91.4 cm³/mol. The van der Waals surface area contributed by atoms with E-state index in [4.69, 9.17) is 12.2 Å². The summed E-state index contributed by atoms with van der Waals surface area (Å²) < 4.78 is 0.895. The molecule has 2 aromatic carbocycles. The number of hydrogen-bond donors (Lipinski definition) is 2. The minimum atomic E-state index is 0.281. The highest BCUT2D eigenvalue weighted by Gasteiger charge is 2.02. The Bertz CT molecular complexity index is 513. The minimum absolute atomic E-state index is 0.281. The first kappa shape index (κ1) is 15.2. The predicted octanol–water partition coefficient (Wildman–Crippen LogP) is 4.55. The third-order valence-corrected chi connectivity index (χ3v) is 5.43. The lowest BCUT2D eigenvalue weighted by Crippen LogP contribution is -1.87. The Morgan fingerprint density at radius 2 is 1.10 bits per heavy atom. The van der Waals surface area contributed by atoms with Crippen LogP contribution in [0.1, 0.15) is 11.1 Å². The average Bonchev–Trinajstić information content (AvgIpc) is 2.46. The van der Waals surface area contributed by atoms with Gasteiger partial charge in [0, 0.05) is 11.5 Å². The summed E-state index contributed by atoms with van der Waals surface area (Å²) in [7, 11) is 0. The van der Waals surface area contributed by atoms with Gasteiger partial charge in [-0.05, 0) is 35.4 Å². The molecular weight excluding hydrogens is 308 g/mol. The molecule has 0 atom stereocenters.